The fraction of sp³-hybridized carbons (Fsp3) is 0.231. The molecule has 2 aromatic rings. The lowest BCUT2D eigenvalue weighted by atomic mass is 10.00. The van der Waals surface area contributed by atoms with Crippen LogP contribution in [0.3, 0.4) is 0 Å². The number of halogens is 1. The molecular weight excluding hydrogens is 249 g/mol. The molecule has 0 bridgehead atoms. The quantitative estimate of drug-likeness (QED) is 0.880. The van der Waals surface area contributed by atoms with Crippen molar-refractivity contribution in [2.75, 3.05) is 7.11 Å². The van der Waals surface area contributed by atoms with Gasteiger partial charge in [-0.25, -0.2) is 4.39 Å². The SMILES string of the molecule is COCc1[nH]nc2c1C(c1ccc(F)cc1)NC2=O. The minimum atomic E-state index is -0.313. The van der Waals surface area contributed by atoms with Crippen molar-refractivity contribution < 1.29 is 13.9 Å². The van der Waals surface area contributed by atoms with E-state index in [9.17, 15) is 9.18 Å². The maximum Gasteiger partial charge on any atom is 0.272 e. The number of aromatic amines is 1. The molecule has 2 N–H and O–H groups in total. The second kappa shape index (κ2) is 4.47. The normalized spacial score (nSPS) is 17.4. The lowest BCUT2D eigenvalue weighted by molar-refractivity contribution is 0.0955. The van der Waals surface area contributed by atoms with Crippen LogP contribution in [0.4, 0.5) is 4.39 Å². The second-order valence-corrected chi connectivity index (χ2v) is 4.36. The monoisotopic (exact) mass is 261 g/mol. The van der Waals surface area contributed by atoms with Crippen LogP contribution in [0.15, 0.2) is 24.3 Å². The van der Waals surface area contributed by atoms with Gasteiger partial charge in [-0.15, -0.1) is 0 Å². The Kier molecular flexibility index (Phi) is 2.79. The molecule has 1 amide bonds. The number of aromatic nitrogens is 2. The molecule has 0 spiro atoms. The summed E-state index contributed by atoms with van der Waals surface area (Å²) >= 11 is 0. The molecule has 98 valence electrons. The van der Waals surface area contributed by atoms with Crippen LogP contribution in [-0.2, 0) is 11.3 Å². The standard InChI is InChI=1S/C13H12FN3O2/c1-19-6-9-10-11(7-2-4-8(14)5-3-7)15-13(18)12(10)17-16-9/h2-5,11H,6H2,1H3,(H,15,18)(H,16,17). The molecule has 1 aromatic heterocycles. The predicted molar refractivity (Wildman–Crippen MR) is 65.0 cm³/mol. The number of methoxy groups -OCH3 is 1. The first-order valence-electron chi connectivity index (χ1n) is 5.83. The van der Waals surface area contributed by atoms with Crippen LogP contribution < -0.4 is 5.32 Å². The zero-order chi connectivity index (χ0) is 13.4. The van der Waals surface area contributed by atoms with Gasteiger partial charge in [-0.05, 0) is 17.7 Å². The first-order valence-corrected chi connectivity index (χ1v) is 5.83. The molecule has 0 aliphatic carbocycles. The Morgan fingerprint density at radius 1 is 1.37 bits per heavy atom. The summed E-state index contributed by atoms with van der Waals surface area (Å²) in [6.07, 6.45) is 0. The van der Waals surface area contributed by atoms with Gasteiger partial charge in [0.1, 0.15) is 5.82 Å². The summed E-state index contributed by atoms with van der Waals surface area (Å²) in [6, 6.07) is 5.73. The van der Waals surface area contributed by atoms with Gasteiger partial charge in [-0.1, -0.05) is 12.1 Å². The molecule has 2 heterocycles. The molecular formula is C13H12FN3O2. The van der Waals surface area contributed by atoms with Gasteiger partial charge in [-0.2, -0.15) is 5.10 Å². The highest BCUT2D eigenvalue weighted by molar-refractivity contribution is 5.98. The third kappa shape index (κ3) is 1.90. The number of nitrogens with one attached hydrogen (secondary N) is 2. The molecule has 1 atom stereocenters. The summed E-state index contributed by atoms with van der Waals surface area (Å²) < 4.78 is 18.0. The zero-order valence-corrected chi connectivity index (χ0v) is 10.2. The highest BCUT2D eigenvalue weighted by Gasteiger charge is 2.35. The number of hydrogen-bond acceptors (Lipinski definition) is 3. The molecule has 5 nitrogen and oxygen atoms in total. The van der Waals surface area contributed by atoms with E-state index in [1.807, 2.05) is 0 Å². The smallest absolute Gasteiger partial charge is 0.272 e. The van der Waals surface area contributed by atoms with E-state index in [-0.39, 0.29) is 17.8 Å². The molecule has 0 fully saturated rings. The number of nitrogens with zero attached hydrogens (tertiary/aromatic N) is 1. The van der Waals surface area contributed by atoms with Crippen molar-refractivity contribution in [3.8, 4) is 0 Å². The number of fused-ring (bicyclic) bond motifs is 1. The predicted octanol–water partition coefficient (Wildman–Crippen LogP) is 1.53. The number of H-pyrrole nitrogens is 1. The van der Waals surface area contributed by atoms with Gasteiger partial charge in [0, 0.05) is 12.7 Å². The third-order valence-electron chi connectivity index (χ3n) is 3.15. The molecule has 0 saturated carbocycles. The summed E-state index contributed by atoms with van der Waals surface area (Å²) in [5.74, 6) is -0.541. The van der Waals surface area contributed by atoms with E-state index in [1.54, 1.807) is 19.2 Å². The molecule has 1 aliphatic rings. The number of benzene rings is 1. The van der Waals surface area contributed by atoms with Crippen LogP contribution in [0.2, 0.25) is 0 Å². The van der Waals surface area contributed by atoms with E-state index < -0.39 is 0 Å². The van der Waals surface area contributed by atoms with Crippen LogP contribution in [0, 0.1) is 5.82 Å². The number of ether oxygens (including phenoxy) is 1. The first kappa shape index (κ1) is 11.9. The van der Waals surface area contributed by atoms with Gasteiger partial charge in [0.05, 0.1) is 18.3 Å². The summed E-state index contributed by atoms with van der Waals surface area (Å²) in [5.41, 5.74) is 2.72. The maximum absolute atomic E-state index is 13.0. The number of amides is 1. The summed E-state index contributed by atoms with van der Waals surface area (Å²) in [6.45, 7) is 0.342. The van der Waals surface area contributed by atoms with Gasteiger partial charge >= 0.3 is 0 Å². The van der Waals surface area contributed by atoms with Crippen LogP contribution >= 0.6 is 0 Å². The third-order valence-corrected chi connectivity index (χ3v) is 3.15. The zero-order valence-electron chi connectivity index (χ0n) is 10.2. The van der Waals surface area contributed by atoms with Crippen molar-refractivity contribution in [2.45, 2.75) is 12.6 Å². The molecule has 19 heavy (non-hydrogen) atoms. The average molecular weight is 261 g/mol. The fourth-order valence-electron chi connectivity index (χ4n) is 2.30. The topological polar surface area (TPSA) is 67.0 Å². The van der Waals surface area contributed by atoms with Crippen molar-refractivity contribution >= 4 is 5.91 Å². The molecule has 1 aliphatic heterocycles. The second-order valence-electron chi connectivity index (χ2n) is 4.36. The Morgan fingerprint density at radius 3 is 2.79 bits per heavy atom. The minimum absolute atomic E-state index is 0.233. The largest absolute Gasteiger partial charge is 0.378 e. The van der Waals surface area contributed by atoms with Gasteiger partial charge in [0.2, 0.25) is 0 Å². The fourth-order valence-corrected chi connectivity index (χ4v) is 2.30. The van der Waals surface area contributed by atoms with E-state index in [2.05, 4.69) is 15.5 Å². The number of carbonyl (C=O) groups excluding carboxylic acids is 1. The van der Waals surface area contributed by atoms with Gasteiger partial charge in [0.15, 0.2) is 5.69 Å². The van der Waals surface area contributed by atoms with E-state index in [4.69, 9.17) is 4.74 Å². The lowest BCUT2D eigenvalue weighted by Gasteiger charge is -2.13. The molecule has 1 unspecified atom stereocenters. The minimum Gasteiger partial charge on any atom is -0.378 e. The summed E-state index contributed by atoms with van der Waals surface area (Å²) in [5, 5.41) is 9.64. The molecule has 3 rings (SSSR count). The average Bonchev–Trinajstić information content (AvgIpc) is 2.94. The molecule has 1 aromatic carbocycles. The summed E-state index contributed by atoms with van der Waals surface area (Å²) in [7, 11) is 1.57. The van der Waals surface area contributed by atoms with E-state index in [0.717, 1.165) is 16.8 Å². The Bertz CT molecular complexity index is 621. The van der Waals surface area contributed by atoms with Crippen LogP contribution in [0.5, 0.6) is 0 Å². The van der Waals surface area contributed by atoms with Crippen molar-refractivity contribution in [3.05, 3.63) is 52.6 Å². The van der Waals surface area contributed by atoms with Gasteiger partial charge < -0.3 is 10.1 Å². The Balaban J connectivity index is 2.04. The summed E-state index contributed by atoms with van der Waals surface area (Å²) in [4.78, 5) is 11.8. The van der Waals surface area contributed by atoms with Crippen LogP contribution in [-0.4, -0.2) is 23.2 Å². The van der Waals surface area contributed by atoms with Crippen molar-refractivity contribution in [1.29, 1.82) is 0 Å². The van der Waals surface area contributed by atoms with E-state index >= 15 is 0 Å². The van der Waals surface area contributed by atoms with Crippen molar-refractivity contribution in [1.82, 2.24) is 15.5 Å². The number of hydrogen-bond donors (Lipinski definition) is 2. The number of rotatable bonds is 3. The lowest BCUT2D eigenvalue weighted by Crippen LogP contribution is -2.21. The molecule has 0 saturated heterocycles. The van der Waals surface area contributed by atoms with Crippen molar-refractivity contribution in [3.63, 3.8) is 0 Å². The van der Waals surface area contributed by atoms with Gasteiger partial charge in [0.25, 0.3) is 5.91 Å². The van der Waals surface area contributed by atoms with Crippen LogP contribution in [0.25, 0.3) is 0 Å². The Morgan fingerprint density at radius 2 is 2.11 bits per heavy atom. The molecule has 0 radical (unpaired) electrons. The highest BCUT2D eigenvalue weighted by Crippen LogP contribution is 2.32. The first-order chi connectivity index (χ1) is 9.20. The van der Waals surface area contributed by atoms with Gasteiger partial charge in [-0.3, -0.25) is 9.89 Å². The van der Waals surface area contributed by atoms with Crippen molar-refractivity contribution in [2.24, 2.45) is 0 Å². The van der Waals surface area contributed by atoms with E-state index in [1.165, 1.54) is 12.1 Å². The van der Waals surface area contributed by atoms with E-state index in [0.29, 0.717) is 12.3 Å². The number of carbonyl (C=O) groups is 1. The maximum atomic E-state index is 13.0. The Hall–Kier alpha value is -2.21. The molecule has 6 heteroatoms. The Labute approximate surface area is 108 Å². The highest BCUT2D eigenvalue weighted by atomic mass is 19.1. The van der Waals surface area contributed by atoms with Crippen LogP contribution in [0.1, 0.15) is 33.4 Å².